The van der Waals surface area contributed by atoms with E-state index >= 15 is 0 Å². The first kappa shape index (κ1) is 19.1. The van der Waals surface area contributed by atoms with Crippen LogP contribution in [0.5, 0.6) is 0 Å². The highest BCUT2D eigenvalue weighted by Gasteiger charge is 2.22. The summed E-state index contributed by atoms with van der Waals surface area (Å²) in [4.78, 5) is 0. The van der Waals surface area contributed by atoms with E-state index in [1.54, 1.807) is 6.26 Å². The summed E-state index contributed by atoms with van der Waals surface area (Å²) in [6.45, 7) is 2.14. The number of aryl methyl sites for hydroxylation is 2. The summed E-state index contributed by atoms with van der Waals surface area (Å²) in [7, 11) is 2.07. The molecule has 0 aliphatic rings. The minimum absolute atomic E-state index is 0.885. The summed E-state index contributed by atoms with van der Waals surface area (Å²) >= 11 is 0. The van der Waals surface area contributed by atoms with E-state index in [2.05, 4.69) is 104 Å². The highest BCUT2D eigenvalue weighted by atomic mass is 16.3. The second-order valence-corrected chi connectivity index (χ2v) is 8.92. The van der Waals surface area contributed by atoms with E-state index in [0.29, 0.717) is 0 Å². The molecule has 7 rings (SSSR count). The lowest BCUT2D eigenvalue weighted by Gasteiger charge is -2.07. The molecule has 3 heteroatoms. The van der Waals surface area contributed by atoms with Crippen LogP contribution in [0.15, 0.2) is 106 Å². The maximum atomic E-state index is 6.74. The molecule has 34 heavy (non-hydrogen) atoms. The summed E-state index contributed by atoms with van der Waals surface area (Å²) in [5.74, 6) is 0. The summed E-state index contributed by atoms with van der Waals surface area (Å²) in [5, 5.41) is 5.74. The third-order valence-electron chi connectivity index (χ3n) is 6.94. The second kappa shape index (κ2) is 7.06. The first-order valence-corrected chi connectivity index (χ1v) is 11.5. The summed E-state index contributed by atoms with van der Waals surface area (Å²) in [6.07, 6.45) is 3.85. The van der Waals surface area contributed by atoms with Crippen LogP contribution in [0.1, 0.15) is 5.56 Å². The van der Waals surface area contributed by atoms with Gasteiger partial charge in [0.15, 0.2) is 6.20 Å². The Morgan fingerprint density at radius 1 is 0.647 bits per heavy atom. The predicted octanol–water partition coefficient (Wildman–Crippen LogP) is 7.95. The Kier molecular flexibility index (Phi) is 3.97. The van der Waals surface area contributed by atoms with E-state index < -0.39 is 0 Å². The number of rotatable bonds is 2. The topological polar surface area (TPSA) is 30.2 Å². The quantitative estimate of drug-likeness (QED) is 0.255. The average molecular weight is 441 g/mol. The number of hydrogen-bond donors (Lipinski definition) is 0. The molecule has 3 aromatic heterocycles. The third-order valence-corrected chi connectivity index (χ3v) is 6.94. The molecule has 0 atom stereocenters. The van der Waals surface area contributed by atoms with Gasteiger partial charge >= 0.3 is 0 Å². The van der Waals surface area contributed by atoms with Crippen LogP contribution in [-0.2, 0) is 7.05 Å². The van der Waals surface area contributed by atoms with Gasteiger partial charge in [-0.1, -0.05) is 54.6 Å². The molecule has 7 aromatic rings. The molecule has 4 aromatic carbocycles. The maximum Gasteiger partial charge on any atom is 0.216 e. The number of pyridine rings is 1. The van der Waals surface area contributed by atoms with Gasteiger partial charge in [0.1, 0.15) is 23.8 Å². The summed E-state index contributed by atoms with van der Waals surface area (Å²) < 4.78 is 14.9. The predicted molar refractivity (Wildman–Crippen MR) is 138 cm³/mol. The van der Waals surface area contributed by atoms with Crippen molar-refractivity contribution in [2.24, 2.45) is 7.05 Å². The van der Waals surface area contributed by atoms with Crippen molar-refractivity contribution in [3.05, 3.63) is 103 Å². The molecule has 0 bridgehead atoms. The molecule has 0 unspecified atom stereocenters. The average Bonchev–Trinajstić information content (AvgIpc) is 3.49. The number of fused-ring (bicyclic) bond motifs is 6. The van der Waals surface area contributed by atoms with Crippen LogP contribution < -0.4 is 4.57 Å². The molecule has 3 nitrogen and oxygen atoms in total. The fourth-order valence-electron chi connectivity index (χ4n) is 5.29. The Labute approximate surface area is 196 Å². The van der Waals surface area contributed by atoms with Gasteiger partial charge in [-0.3, -0.25) is 0 Å². The Morgan fingerprint density at radius 2 is 1.44 bits per heavy atom. The van der Waals surface area contributed by atoms with Gasteiger partial charge in [-0.15, -0.1) is 0 Å². The normalized spacial score (nSPS) is 11.8. The fourth-order valence-corrected chi connectivity index (χ4v) is 5.29. The summed E-state index contributed by atoms with van der Waals surface area (Å²) in [6, 6.07) is 29.7. The molecular formula is C31H22NO2+. The minimum atomic E-state index is 0.885. The summed E-state index contributed by atoms with van der Waals surface area (Å²) in [5.41, 5.74) is 8.23. The molecule has 0 amide bonds. The zero-order valence-electron chi connectivity index (χ0n) is 19.0. The zero-order valence-corrected chi connectivity index (χ0v) is 19.0. The molecule has 0 saturated heterocycles. The van der Waals surface area contributed by atoms with Gasteiger partial charge in [-0.05, 0) is 41.5 Å². The Bertz CT molecular complexity index is 1890. The van der Waals surface area contributed by atoms with Gasteiger partial charge in [0.25, 0.3) is 0 Å². The van der Waals surface area contributed by atoms with Crippen molar-refractivity contribution in [2.45, 2.75) is 6.92 Å². The van der Waals surface area contributed by atoms with Gasteiger partial charge in [-0.2, -0.15) is 0 Å². The Hall–Kier alpha value is -4.37. The number of benzene rings is 4. The molecule has 0 radical (unpaired) electrons. The lowest BCUT2D eigenvalue weighted by molar-refractivity contribution is -0.660. The number of aromatic nitrogens is 1. The molecular weight excluding hydrogens is 418 g/mol. The second-order valence-electron chi connectivity index (χ2n) is 8.92. The van der Waals surface area contributed by atoms with Crippen molar-refractivity contribution in [3.8, 4) is 22.4 Å². The van der Waals surface area contributed by atoms with Crippen LogP contribution in [0.4, 0.5) is 0 Å². The van der Waals surface area contributed by atoms with Crippen LogP contribution >= 0.6 is 0 Å². The number of para-hydroxylation sites is 1. The highest BCUT2D eigenvalue weighted by molar-refractivity contribution is 6.17. The molecule has 0 fully saturated rings. The van der Waals surface area contributed by atoms with E-state index in [0.717, 1.165) is 55.3 Å². The lowest BCUT2D eigenvalue weighted by atomic mass is 9.96. The van der Waals surface area contributed by atoms with Crippen molar-refractivity contribution in [2.75, 3.05) is 0 Å². The highest BCUT2D eigenvalue weighted by Crippen LogP contribution is 2.43. The molecule has 0 spiro atoms. The van der Waals surface area contributed by atoms with Crippen molar-refractivity contribution in [1.82, 2.24) is 0 Å². The van der Waals surface area contributed by atoms with E-state index in [1.807, 2.05) is 6.07 Å². The molecule has 0 saturated carbocycles. The Morgan fingerprint density at radius 3 is 2.35 bits per heavy atom. The standard InChI is InChI=1S/C31H22NO2/c1-19-13-14-24-22-10-7-11-23(30(22)34-31(24)28(19)27-12-5-6-16-32(27)2)26-18-20-8-3-4-9-21(20)25-15-17-33-29(25)26/h3-18H,1-2H3/q+1. The maximum absolute atomic E-state index is 6.74. The fraction of sp³-hybridized carbons (Fsp3) is 0.0645. The van der Waals surface area contributed by atoms with Crippen LogP contribution in [0.25, 0.3) is 66.1 Å². The van der Waals surface area contributed by atoms with E-state index in [9.17, 15) is 0 Å². The number of nitrogens with zero attached hydrogens (tertiary/aromatic N) is 1. The number of furan rings is 2. The number of hydrogen-bond acceptors (Lipinski definition) is 2. The van der Waals surface area contributed by atoms with Gasteiger partial charge in [0.2, 0.25) is 5.69 Å². The van der Waals surface area contributed by atoms with Gasteiger partial charge in [-0.25, -0.2) is 4.57 Å². The monoisotopic (exact) mass is 440 g/mol. The SMILES string of the molecule is Cc1ccc2c(oc3c(-c4cc5ccccc5c5ccoc45)cccc32)c1-c1cccc[n+]1C. The van der Waals surface area contributed by atoms with E-state index in [1.165, 1.54) is 16.3 Å². The first-order chi connectivity index (χ1) is 16.7. The molecule has 0 aliphatic carbocycles. The zero-order chi connectivity index (χ0) is 22.8. The molecule has 0 aliphatic heterocycles. The van der Waals surface area contributed by atoms with Gasteiger partial charge in [0, 0.05) is 39.4 Å². The van der Waals surface area contributed by atoms with Crippen molar-refractivity contribution < 1.29 is 13.4 Å². The van der Waals surface area contributed by atoms with Gasteiger partial charge in [0.05, 0.1) is 11.8 Å². The van der Waals surface area contributed by atoms with E-state index in [-0.39, 0.29) is 0 Å². The molecule has 3 heterocycles. The van der Waals surface area contributed by atoms with Crippen LogP contribution in [0.3, 0.4) is 0 Å². The first-order valence-electron chi connectivity index (χ1n) is 11.5. The largest absolute Gasteiger partial charge is 0.464 e. The molecule has 162 valence electrons. The molecule has 0 N–H and O–H groups in total. The minimum Gasteiger partial charge on any atom is -0.464 e. The van der Waals surface area contributed by atoms with Crippen molar-refractivity contribution in [3.63, 3.8) is 0 Å². The van der Waals surface area contributed by atoms with E-state index in [4.69, 9.17) is 8.83 Å². The van der Waals surface area contributed by atoms with Crippen LogP contribution in [0.2, 0.25) is 0 Å². The lowest BCUT2D eigenvalue weighted by Crippen LogP contribution is -2.30. The smallest absolute Gasteiger partial charge is 0.216 e. The van der Waals surface area contributed by atoms with Gasteiger partial charge < -0.3 is 8.83 Å². The van der Waals surface area contributed by atoms with Crippen LogP contribution in [-0.4, -0.2) is 0 Å². The van der Waals surface area contributed by atoms with Crippen molar-refractivity contribution >= 4 is 43.7 Å². The van der Waals surface area contributed by atoms with Crippen LogP contribution in [0, 0.1) is 6.92 Å². The third kappa shape index (κ3) is 2.61. The van der Waals surface area contributed by atoms with Crippen molar-refractivity contribution in [1.29, 1.82) is 0 Å². The Balaban J connectivity index is 1.59.